The SMILES string of the molecule is CN(Cc1ccc(Cl)cc1)C(=O)CSCc1ccc(C#N)cc1. The van der Waals surface area contributed by atoms with Gasteiger partial charge < -0.3 is 4.90 Å². The van der Waals surface area contributed by atoms with Crippen molar-refractivity contribution in [3.63, 3.8) is 0 Å². The van der Waals surface area contributed by atoms with Crippen molar-refractivity contribution in [2.24, 2.45) is 0 Å². The highest BCUT2D eigenvalue weighted by Gasteiger charge is 2.09. The Morgan fingerprint density at radius 3 is 2.35 bits per heavy atom. The molecule has 5 heteroatoms. The first-order valence-corrected chi connectivity index (χ1v) is 8.67. The first kappa shape index (κ1) is 17.4. The summed E-state index contributed by atoms with van der Waals surface area (Å²) in [6, 6.07) is 17.0. The van der Waals surface area contributed by atoms with Gasteiger partial charge in [-0.3, -0.25) is 4.79 Å². The number of amides is 1. The van der Waals surface area contributed by atoms with Gasteiger partial charge in [0.05, 0.1) is 17.4 Å². The van der Waals surface area contributed by atoms with E-state index in [2.05, 4.69) is 6.07 Å². The van der Waals surface area contributed by atoms with Crippen molar-refractivity contribution in [3.8, 4) is 6.07 Å². The van der Waals surface area contributed by atoms with Crippen LogP contribution in [-0.2, 0) is 17.1 Å². The van der Waals surface area contributed by atoms with Gasteiger partial charge in [-0.25, -0.2) is 0 Å². The summed E-state index contributed by atoms with van der Waals surface area (Å²) < 4.78 is 0. The van der Waals surface area contributed by atoms with Gasteiger partial charge in [0.15, 0.2) is 0 Å². The maximum absolute atomic E-state index is 12.1. The third-order valence-corrected chi connectivity index (χ3v) is 4.58. The Kier molecular flexibility index (Phi) is 6.52. The van der Waals surface area contributed by atoms with Crippen LogP contribution in [0, 0.1) is 11.3 Å². The van der Waals surface area contributed by atoms with Crippen molar-refractivity contribution in [2.75, 3.05) is 12.8 Å². The molecule has 0 aliphatic heterocycles. The highest BCUT2D eigenvalue weighted by molar-refractivity contribution is 7.99. The van der Waals surface area contributed by atoms with Crippen LogP contribution in [0.2, 0.25) is 5.02 Å². The summed E-state index contributed by atoms with van der Waals surface area (Å²) in [5.41, 5.74) is 2.82. The second-order valence-corrected chi connectivity index (χ2v) is 6.60. The average Bonchev–Trinajstić information content (AvgIpc) is 2.57. The lowest BCUT2D eigenvalue weighted by Gasteiger charge is -2.17. The maximum atomic E-state index is 12.1. The van der Waals surface area contributed by atoms with E-state index in [-0.39, 0.29) is 5.91 Å². The van der Waals surface area contributed by atoms with E-state index in [4.69, 9.17) is 16.9 Å². The number of carbonyl (C=O) groups excluding carboxylic acids is 1. The molecule has 0 unspecified atom stereocenters. The molecule has 0 spiro atoms. The number of hydrogen-bond acceptors (Lipinski definition) is 3. The third-order valence-electron chi connectivity index (χ3n) is 3.34. The molecule has 2 aromatic rings. The maximum Gasteiger partial charge on any atom is 0.232 e. The predicted molar refractivity (Wildman–Crippen MR) is 95.2 cm³/mol. The molecule has 0 bridgehead atoms. The first-order chi connectivity index (χ1) is 11.1. The zero-order valence-corrected chi connectivity index (χ0v) is 14.4. The summed E-state index contributed by atoms with van der Waals surface area (Å²) in [5.74, 6) is 1.29. The quantitative estimate of drug-likeness (QED) is 0.792. The Morgan fingerprint density at radius 2 is 1.74 bits per heavy atom. The van der Waals surface area contributed by atoms with E-state index in [0.717, 1.165) is 16.9 Å². The molecule has 0 aromatic heterocycles. The highest BCUT2D eigenvalue weighted by Crippen LogP contribution is 2.15. The van der Waals surface area contributed by atoms with Crippen molar-refractivity contribution < 1.29 is 4.79 Å². The summed E-state index contributed by atoms with van der Waals surface area (Å²) in [6.07, 6.45) is 0. The van der Waals surface area contributed by atoms with Crippen LogP contribution < -0.4 is 0 Å². The minimum atomic E-state index is 0.0959. The molecule has 2 rings (SSSR count). The van der Waals surface area contributed by atoms with E-state index in [1.807, 2.05) is 36.4 Å². The second kappa shape index (κ2) is 8.61. The Labute approximate surface area is 145 Å². The molecular formula is C18H17ClN2OS. The molecule has 0 aliphatic carbocycles. The van der Waals surface area contributed by atoms with Crippen molar-refractivity contribution >= 4 is 29.3 Å². The molecule has 3 nitrogen and oxygen atoms in total. The number of hydrogen-bond donors (Lipinski definition) is 0. The summed E-state index contributed by atoms with van der Waals surface area (Å²) >= 11 is 7.43. The monoisotopic (exact) mass is 344 g/mol. The van der Waals surface area contributed by atoms with Crippen LogP contribution in [0.1, 0.15) is 16.7 Å². The summed E-state index contributed by atoms with van der Waals surface area (Å²) in [4.78, 5) is 13.9. The van der Waals surface area contributed by atoms with E-state index in [0.29, 0.717) is 22.9 Å². The van der Waals surface area contributed by atoms with Crippen LogP contribution in [0.25, 0.3) is 0 Å². The number of nitriles is 1. The van der Waals surface area contributed by atoms with Gasteiger partial charge in [-0.15, -0.1) is 11.8 Å². The second-order valence-electron chi connectivity index (χ2n) is 5.18. The van der Waals surface area contributed by atoms with E-state index >= 15 is 0 Å². The molecule has 0 fully saturated rings. The van der Waals surface area contributed by atoms with Crippen LogP contribution in [0.4, 0.5) is 0 Å². The minimum absolute atomic E-state index is 0.0959. The topological polar surface area (TPSA) is 44.1 Å². The number of rotatable bonds is 6. The van der Waals surface area contributed by atoms with Gasteiger partial charge in [0, 0.05) is 24.4 Å². The van der Waals surface area contributed by atoms with Gasteiger partial charge in [-0.1, -0.05) is 35.9 Å². The number of halogens is 1. The van der Waals surface area contributed by atoms with E-state index in [1.54, 1.807) is 35.8 Å². The average molecular weight is 345 g/mol. The van der Waals surface area contributed by atoms with Gasteiger partial charge >= 0.3 is 0 Å². The molecule has 0 aliphatic rings. The largest absolute Gasteiger partial charge is 0.341 e. The zero-order valence-electron chi connectivity index (χ0n) is 12.8. The van der Waals surface area contributed by atoms with Crippen molar-refractivity contribution in [1.29, 1.82) is 5.26 Å². The predicted octanol–water partition coefficient (Wildman–Crippen LogP) is 4.10. The lowest BCUT2D eigenvalue weighted by atomic mass is 10.2. The first-order valence-electron chi connectivity index (χ1n) is 7.13. The molecule has 0 saturated heterocycles. The van der Waals surface area contributed by atoms with Crippen LogP contribution in [0.5, 0.6) is 0 Å². The van der Waals surface area contributed by atoms with E-state index in [9.17, 15) is 4.79 Å². The Morgan fingerprint density at radius 1 is 1.13 bits per heavy atom. The fourth-order valence-electron chi connectivity index (χ4n) is 1.99. The number of nitrogens with zero attached hydrogens (tertiary/aromatic N) is 2. The molecule has 118 valence electrons. The van der Waals surface area contributed by atoms with Crippen molar-refractivity contribution in [2.45, 2.75) is 12.3 Å². The number of carbonyl (C=O) groups is 1. The molecule has 0 radical (unpaired) electrons. The van der Waals surface area contributed by atoms with E-state index < -0.39 is 0 Å². The number of benzene rings is 2. The molecule has 0 atom stereocenters. The summed E-state index contributed by atoms with van der Waals surface area (Å²) in [6.45, 7) is 0.577. The molecule has 1 amide bonds. The van der Waals surface area contributed by atoms with Gasteiger partial charge in [-0.05, 0) is 35.4 Å². The van der Waals surface area contributed by atoms with Crippen molar-refractivity contribution in [1.82, 2.24) is 4.90 Å². The molecule has 0 heterocycles. The lowest BCUT2D eigenvalue weighted by Crippen LogP contribution is -2.27. The minimum Gasteiger partial charge on any atom is -0.341 e. The standard InChI is InChI=1S/C18H17ClN2OS/c1-21(11-15-6-8-17(19)9-7-15)18(22)13-23-12-16-4-2-14(10-20)3-5-16/h2-9H,11-13H2,1H3. The number of thioether (sulfide) groups is 1. The van der Waals surface area contributed by atoms with Crippen molar-refractivity contribution in [3.05, 3.63) is 70.2 Å². The van der Waals surface area contributed by atoms with Gasteiger partial charge in [0.2, 0.25) is 5.91 Å². The molecule has 0 saturated carbocycles. The smallest absolute Gasteiger partial charge is 0.232 e. The van der Waals surface area contributed by atoms with Crippen LogP contribution in [0.3, 0.4) is 0 Å². The Bertz CT molecular complexity index is 692. The van der Waals surface area contributed by atoms with Gasteiger partial charge in [-0.2, -0.15) is 5.26 Å². The molecule has 2 aromatic carbocycles. The third kappa shape index (κ3) is 5.63. The highest BCUT2D eigenvalue weighted by atomic mass is 35.5. The van der Waals surface area contributed by atoms with Crippen LogP contribution in [-0.4, -0.2) is 23.6 Å². The van der Waals surface area contributed by atoms with Gasteiger partial charge in [0.1, 0.15) is 0 Å². The fraction of sp³-hybridized carbons (Fsp3) is 0.222. The Balaban J connectivity index is 1.77. The zero-order chi connectivity index (χ0) is 16.7. The molecular weight excluding hydrogens is 328 g/mol. The van der Waals surface area contributed by atoms with Crippen LogP contribution >= 0.6 is 23.4 Å². The van der Waals surface area contributed by atoms with Gasteiger partial charge in [0.25, 0.3) is 0 Å². The van der Waals surface area contributed by atoms with Crippen LogP contribution in [0.15, 0.2) is 48.5 Å². The van der Waals surface area contributed by atoms with E-state index in [1.165, 1.54) is 0 Å². The molecule has 23 heavy (non-hydrogen) atoms. The lowest BCUT2D eigenvalue weighted by molar-refractivity contribution is -0.127. The summed E-state index contributed by atoms with van der Waals surface area (Å²) in [7, 11) is 1.80. The normalized spacial score (nSPS) is 10.1. The molecule has 0 N–H and O–H groups in total. The Hall–Kier alpha value is -1.96. The fourth-order valence-corrected chi connectivity index (χ4v) is 3.04. The summed E-state index contributed by atoms with van der Waals surface area (Å²) in [5, 5.41) is 9.46.